The molecule has 1 amide bonds. The smallest absolute Gasteiger partial charge is 0.267 e. The predicted molar refractivity (Wildman–Crippen MR) is 140 cm³/mol. The van der Waals surface area contributed by atoms with Crippen molar-refractivity contribution in [2.45, 2.75) is 26.1 Å². The summed E-state index contributed by atoms with van der Waals surface area (Å²) in [6, 6.07) is 22.3. The first-order valence-corrected chi connectivity index (χ1v) is 11.6. The number of aliphatic imine (C=N–C) groups is 1. The molecule has 0 radical (unpaired) electrons. The van der Waals surface area contributed by atoms with Gasteiger partial charge in [-0.1, -0.05) is 30.3 Å². The van der Waals surface area contributed by atoms with Gasteiger partial charge in [0.2, 0.25) is 0 Å². The van der Waals surface area contributed by atoms with Crippen molar-refractivity contribution in [2.24, 2.45) is 4.99 Å². The molecule has 0 saturated carbocycles. The largest absolute Gasteiger partial charge is 0.360 e. The van der Waals surface area contributed by atoms with Crippen LogP contribution >= 0.6 is 0 Å². The van der Waals surface area contributed by atoms with Crippen molar-refractivity contribution in [1.29, 1.82) is 0 Å². The molecule has 0 aliphatic carbocycles. The number of amidine groups is 1. The molecule has 3 heterocycles. The fourth-order valence-electron chi connectivity index (χ4n) is 4.39. The first-order valence-electron chi connectivity index (χ1n) is 11.6. The molecule has 8 heteroatoms. The highest BCUT2D eigenvalue weighted by Crippen LogP contribution is 2.33. The third-order valence-corrected chi connectivity index (χ3v) is 6.07. The number of amides is 1. The van der Waals surface area contributed by atoms with Gasteiger partial charge < -0.3 is 20.9 Å². The van der Waals surface area contributed by atoms with Gasteiger partial charge in [0, 0.05) is 44.8 Å². The summed E-state index contributed by atoms with van der Waals surface area (Å²) < 4.78 is 0. The minimum Gasteiger partial charge on any atom is -0.360 e. The number of aromatic amines is 2. The van der Waals surface area contributed by atoms with Crippen LogP contribution in [0.15, 0.2) is 77.9 Å². The van der Waals surface area contributed by atoms with E-state index in [0.29, 0.717) is 5.69 Å². The van der Waals surface area contributed by atoms with Crippen LogP contribution in [0.5, 0.6) is 0 Å². The number of carbonyl (C=O) groups excluding carboxylic acids is 1. The van der Waals surface area contributed by atoms with Crippen LogP contribution in [0.25, 0.3) is 21.8 Å². The monoisotopic (exact) mass is 463 g/mol. The van der Waals surface area contributed by atoms with Gasteiger partial charge in [-0.2, -0.15) is 5.10 Å². The molecule has 1 atom stereocenters. The molecule has 3 aromatic carbocycles. The van der Waals surface area contributed by atoms with E-state index in [1.165, 1.54) is 0 Å². The van der Waals surface area contributed by atoms with Gasteiger partial charge in [0.25, 0.3) is 5.91 Å². The van der Waals surface area contributed by atoms with Gasteiger partial charge in [0.05, 0.1) is 11.7 Å². The van der Waals surface area contributed by atoms with Crippen LogP contribution in [-0.4, -0.2) is 33.0 Å². The zero-order valence-electron chi connectivity index (χ0n) is 19.4. The van der Waals surface area contributed by atoms with E-state index in [2.05, 4.69) is 49.3 Å². The second-order valence-electron chi connectivity index (χ2n) is 9.02. The Hall–Kier alpha value is -4.59. The molecule has 1 aliphatic rings. The number of hydrogen-bond donors (Lipinski definition) is 5. The summed E-state index contributed by atoms with van der Waals surface area (Å²) in [7, 11) is 0. The molecule has 1 unspecified atom stereocenters. The second kappa shape index (κ2) is 8.32. The minimum atomic E-state index is -0.265. The van der Waals surface area contributed by atoms with Gasteiger partial charge in [0.1, 0.15) is 17.7 Å². The molecule has 0 fully saturated rings. The number of hydrogen-bond acceptors (Lipinski definition) is 5. The lowest BCUT2D eigenvalue weighted by Gasteiger charge is -2.26. The fourth-order valence-corrected chi connectivity index (χ4v) is 4.39. The van der Waals surface area contributed by atoms with E-state index >= 15 is 0 Å². The molecular formula is C27H25N7O. The Morgan fingerprint density at radius 3 is 2.74 bits per heavy atom. The normalized spacial score (nSPS) is 15.1. The highest BCUT2D eigenvalue weighted by molar-refractivity contribution is 6.11. The Kier molecular flexibility index (Phi) is 4.99. The summed E-state index contributed by atoms with van der Waals surface area (Å²) in [5.41, 5.74) is 6.39. The number of rotatable bonds is 5. The molecule has 174 valence electrons. The number of nitrogens with one attached hydrogen (secondary N) is 5. The SMILES string of the molecule is CC(C)NC(=O)c1cc2ccc(C3=NC(Nc4ccc5[nH]ncc5c4)c4ccccc4N3)cc2[nH]1. The van der Waals surface area contributed by atoms with E-state index in [4.69, 9.17) is 4.99 Å². The van der Waals surface area contributed by atoms with Crippen LogP contribution in [0.2, 0.25) is 0 Å². The third kappa shape index (κ3) is 3.99. The Morgan fingerprint density at radius 2 is 1.86 bits per heavy atom. The van der Waals surface area contributed by atoms with Gasteiger partial charge in [-0.25, -0.2) is 4.99 Å². The molecule has 6 rings (SSSR count). The van der Waals surface area contributed by atoms with Crippen molar-refractivity contribution in [3.05, 3.63) is 89.7 Å². The average Bonchev–Trinajstić information content (AvgIpc) is 3.50. The van der Waals surface area contributed by atoms with Gasteiger partial charge in [0.15, 0.2) is 0 Å². The number of para-hydroxylation sites is 1. The number of H-pyrrole nitrogens is 2. The molecule has 0 bridgehead atoms. The molecule has 1 aliphatic heterocycles. The summed E-state index contributed by atoms with van der Waals surface area (Å²) in [6.07, 6.45) is 1.55. The van der Waals surface area contributed by atoms with E-state index in [-0.39, 0.29) is 18.1 Å². The van der Waals surface area contributed by atoms with E-state index in [1.54, 1.807) is 0 Å². The quantitative estimate of drug-likeness (QED) is 0.248. The molecule has 0 spiro atoms. The van der Waals surface area contributed by atoms with E-state index in [0.717, 1.165) is 50.1 Å². The van der Waals surface area contributed by atoms with Crippen LogP contribution in [0.1, 0.15) is 41.6 Å². The summed E-state index contributed by atoms with van der Waals surface area (Å²) in [5, 5.41) is 19.1. The fraction of sp³-hybridized carbons (Fsp3) is 0.148. The van der Waals surface area contributed by atoms with E-state index in [1.807, 2.05) is 68.6 Å². The van der Waals surface area contributed by atoms with Gasteiger partial charge in [-0.15, -0.1) is 0 Å². The lowest BCUT2D eigenvalue weighted by atomic mass is 10.1. The van der Waals surface area contributed by atoms with E-state index in [9.17, 15) is 4.79 Å². The van der Waals surface area contributed by atoms with Crippen LogP contribution in [0.4, 0.5) is 11.4 Å². The average molecular weight is 464 g/mol. The van der Waals surface area contributed by atoms with Crippen LogP contribution < -0.4 is 16.0 Å². The lowest BCUT2D eigenvalue weighted by Crippen LogP contribution is -2.30. The Balaban J connectivity index is 1.35. The first kappa shape index (κ1) is 21.0. The first-order chi connectivity index (χ1) is 17.0. The lowest BCUT2D eigenvalue weighted by molar-refractivity contribution is 0.0939. The van der Waals surface area contributed by atoms with Gasteiger partial charge in [-0.05, 0) is 50.2 Å². The minimum absolute atomic E-state index is 0.0731. The van der Waals surface area contributed by atoms with Crippen molar-refractivity contribution >= 4 is 44.9 Å². The summed E-state index contributed by atoms with van der Waals surface area (Å²) in [4.78, 5) is 20.7. The Morgan fingerprint density at radius 1 is 0.971 bits per heavy atom. The summed E-state index contributed by atoms with van der Waals surface area (Å²) in [6.45, 7) is 3.89. The summed E-state index contributed by atoms with van der Waals surface area (Å²) >= 11 is 0. The summed E-state index contributed by atoms with van der Waals surface area (Å²) in [5.74, 6) is 0.647. The van der Waals surface area contributed by atoms with Crippen LogP contribution in [-0.2, 0) is 0 Å². The van der Waals surface area contributed by atoms with Crippen LogP contribution in [0.3, 0.4) is 0 Å². The van der Waals surface area contributed by atoms with E-state index < -0.39 is 0 Å². The van der Waals surface area contributed by atoms with Crippen LogP contribution in [0, 0.1) is 0 Å². The topological polar surface area (TPSA) is 110 Å². The zero-order valence-corrected chi connectivity index (χ0v) is 19.4. The maximum Gasteiger partial charge on any atom is 0.267 e. The van der Waals surface area contributed by atoms with Crippen molar-refractivity contribution in [1.82, 2.24) is 20.5 Å². The van der Waals surface area contributed by atoms with Crippen molar-refractivity contribution < 1.29 is 4.79 Å². The number of anilines is 2. The number of fused-ring (bicyclic) bond motifs is 3. The molecule has 35 heavy (non-hydrogen) atoms. The van der Waals surface area contributed by atoms with Crippen molar-refractivity contribution in [3.8, 4) is 0 Å². The Bertz CT molecular complexity index is 1590. The highest BCUT2D eigenvalue weighted by Gasteiger charge is 2.22. The molecule has 5 N–H and O–H groups in total. The highest BCUT2D eigenvalue weighted by atomic mass is 16.1. The van der Waals surface area contributed by atoms with Crippen molar-refractivity contribution in [2.75, 3.05) is 10.6 Å². The maximum atomic E-state index is 12.4. The molecule has 5 aromatic rings. The zero-order chi connectivity index (χ0) is 23.9. The number of nitrogens with zero attached hydrogens (tertiary/aromatic N) is 2. The predicted octanol–water partition coefficient (Wildman–Crippen LogP) is 5.17. The number of benzene rings is 3. The number of aromatic nitrogens is 3. The Labute approximate surface area is 201 Å². The van der Waals surface area contributed by atoms with Gasteiger partial charge >= 0.3 is 0 Å². The third-order valence-electron chi connectivity index (χ3n) is 6.07. The molecule has 0 saturated heterocycles. The molecule has 2 aromatic heterocycles. The molecule has 8 nitrogen and oxygen atoms in total. The molecular weight excluding hydrogens is 438 g/mol. The second-order valence-corrected chi connectivity index (χ2v) is 9.02. The maximum absolute atomic E-state index is 12.4. The van der Waals surface area contributed by atoms with Gasteiger partial charge in [-0.3, -0.25) is 9.89 Å². The van der Waals surface area contributed by atoms with Crippen molar-refractivity contribution in [3.63, 3.8) is 0 Å². The number of carbonyl (C=O) groups is 1. The standard InChI is InChI=1S/C27H25N7O/c1-15(2)29-27(35)24-12-16-7-8-17(13-23(16)31-24)25-32-22-6-4-3-5-20(22)26(33-25)30-19-9-10-21-18(11-19)14-28-34-21/h3-15,26,30-31H,1-2H3,(H,28,34)(H,29,35)(H,32,33).